The highest BCUT2D eigenvalue weighted by atomic mass is 19.4. The number of pyridine rings is 1. The Hall–Kier alpha value is -2.24. The first-order valence-electron chi connectivity index (χ1n) is 6.09. The molecule has 0 N–H and O–H groups in total. The summed E-state index contributed by atoms with van der Waals surface area (Å²) in [6, 6.07) is 5.97. The fourth-order valence-electron chi connectivity index (χ4n) is 1.83. The first-order valence-corrected chi connectivity index (χ1v) is 6.09. The highest BCUT2D eigenvalue weighted by Gasteiger charge is 2.35. The molecule has 21 heavy (non-hydrogen) atoms. The van der Waals surface area contributed by atoms with E-state index in [1.807, 2.05) is 6.92 Å². The van der Waals surface area contributed by atoms with Crippen LogP contribution in [0.5, 0.6) is 0 Å². The highest BCUT2D eigenvalue weighted by molar-refractivity contribution is 5.97. The third kappa shape index (κ3) is 3.45. The molecule has 1 heterocycles. The fraction of sp³-hybridized carbons (Fsp3) is 0.200. The minimum Gasteiger partial charge on any atom is -0.294 e. The van der Waals surface area contributed by atoms with E-state index >= 15 is 0 Å². The predicted octanol–water partition coefficient (Wildman–Crippen LogP) is 3.97. The summed E-state index contributed by atoms with van der Waals surface area (Å²) < 4.78 is 51.6. The number of aryl methyl sites for hydroxylation is 1. The average molecular weight is 297 g/mol. The zero-order chi connectivity index (χ0) is 15.6. The number of carbonyl (C=O) groups is 1. The molecule has 2 rings (SSSR count). The molecule has 110 valence electrons. The zero-order valence-corrected chi connectivity index (χ0v) is 11.0. The van der Waals surface area contributed by atoms with Crippen molar-refractivity contribution in [2.45, 2.75) is 19.5 Å². The largest absolute Gasteiger partial charge is 0.419 e. The van der Waals surface area contributed by atoms with Crippen molar-refractivity contribution in [1.29, 1.82) is 0 Å². The van der Waals surface area contributed by atoms with Crippen LogP contribution in [0.4, 0.5) is 17.6 Å². The van der Waals surface area contributed by atoms with E-state index in [1.165, 1.54) is 6.20 Å². The molecule has 0 fully saturated rings. The summed E-state index contributed by atoms with van der Waals surface area (Å²) in [6.07, 6.45) is -3.55. The Morgan fingerprint density at radius 1 is 1.19 bits per heavy atom. The summed E-state index contributed by atoms with van der Waals surface area (Å²) in [5.74, 6) is -2.28. The van der Waals surface area contributed by atoms with E-state index in [0.29, 0.717) is 11.8 Å². The molecule has 1 aromatic carbocycles. The number of alkyl halides is 3. The molecule has 1 aromatic heterocycles. The molecule has 0 spiro atoms. The van der Waals surface area contributed by atoms with Gasteiger partial charge in [-0.15, -0.1) is 0 Å². The Balaban J connectivity index is 2.30. The van der Waals surface area contributed by atoms with Crippen molar-refractivity contribution >= 4 is 5.78 Å². The second kappa shape index (κ2) is 5.63. The number of hydrogen-bond acceptors (Lipinski definition) is 2. The highest BCUT2D eigenvalue weighted by Crippen LogP contribution is 2.32. The van der Waals surface area contributed by atoms with Gasteiger partial charge in [-0.1, -0.05) is 12.1 Å². The molecule has 0 bridgehead atoms. The van der Waals surface area contributed by atoms with Gasteiger partial charge in [0.05, 0.1) is 17.5 Å². The summed E-state index contributed by atoms with van der Waals surface area (Å²) in [4.78, 5) is 15.9. The number of rotatable bonds is 3. The lowest BCUT2D eigenvalue weighted by Gasteiger charge is -2.10. The van der Waals surface area contributed by atoms with E-state index < -0.39 is 28.9 Å². The maximum Gasteiger partial charge on any atom is 0.419 e. The van der Waals surface area contributed by atoms with E-state index in [9.17, 15) is 22.4 Å². The number of Topliss-reactive ketones (excluding diaryl/α,β-unsaturated/α-hetero) is 1. The van der Waals surface area contributed by atoms with Gasteiger partial charge in [0.1, 0.15) is 5.82 Å². The lowest BCUT2D eigenvalue weighted by atomic mass is 10.0. The molecule has 2 aromatic rings. The normalized spacial score (nSPS) is 11.5. The number of hydrogen-bond donors (Lipinski definition) is 0. The van der Waals surface area contributed by atoms with Crippen LogP contribution < -0.4 is 0 Å². The molecule has 0 unspecified atom stereocenters. The molecule has 0 aliphatic heterocycles. The molecule has 2 nitrogen and oxygen atoms in total. The van der Waals surface area contributed by atoms with Crippen LogP contribution in [-0.2, 0) is 12.6 Å². The lowest BCUT2D eigenvalue weighted by Crippen LogP contribution is -2.14. The first-order chi connectivity index (χ1) is 9.79. The van der Waals surface area contributed by atoms with E-state index in [0.717, 1.165) is 17.7 Å². The minimum atomic E-state index is -4.83. The molecule has 0 atom stereocenters. The van der Waals surface area contributed by atoms with Gasteiger partial charge in [-0.2, -0.15) is 13.2 Å². The van der Waals surface area contributed by atoms with Crippen molar-refractivity contribution in [3.8, 4) is 0 Å². The Bertz CT molecular complexity index is 662. The fourth-order valence-corrected chi connectivity index (χ4v) is 1.83. The lowest BCUT2D eigenvalue weighted by molar-refractivity contribution is -0.140. The van der Waals surface area contributed by atoms with Crippen molar-refractivity contribution in [1.82, 2.24) is 4.98 Å². The summed E-state index contributed by atoms with van der Waals surface area (Å²) in [6.45, 7) is 1.81. The van der Waals surface area contributed by atoms with Gasteiger partial charge < -0.3 is 0 Å². The number of nitrogens with zero attached hydrogens (tertiary/aromatic N) is 1. The van der Waals surface area contributed by atoms with Crippen molar-refractivity contribution in [3.05, 3.63) is 64.7 Å². The van der Waals surface area contributed by atoms with Crippen LogP contribution in [-0.4, -0.2) is 10.8 Å². The van der Waals surface area contributed by atoms with Gasteiger partial charge in [0, 0.05) is 11.9 Å². The Morgan fingerprint density at radius 2 is 1.90 bits per heavy atom. The second-order valence-electron chi connectivity index (χ2n) is 4.59. The van der Waals surface area contributed by atoms with Gasteiger partial charge in [0.2, 0.25) is 0 Å². The maximum atomic E-state index is 13.8. The van der Waals surface area contributed by atoms with Crippen LogP contribution >= 0.6 is 0 Å². The molecule has 0 amide bonds. The minimum absolute atomic E-state index is 0.251. The van der Waals surface area contributed by atoms with E-state index in [1.54, 1.807) is 12.1 Å². The molecular weight excluding hydrogens is 286 g/mol. The maximum absolute atomic E-state index is 13.8. The van der Waals surface area contributed by atoms with E-state index in [2.05, 4.69) is 4.98 Å². The molecule has 0 aliphatic rings. The summed E-state index contributed by atoms with van der Waals surface area (Å²) >= 11 is 0. The standard InChI is InChI=1S/C15H11F4NO/c1-9-5-6-10(20-8-9)7-13(21)11-3-2-4-12(14(11)16)15(17,18)19/h2-6,8H,7H2,1H3. The van der Waals surface area contributed by atoms with Crippen LogP contribution in [0.25, 0.3) is 0 Å². The van der Waals surface area contributed by atoms with E-state index in [4.69, 9.17) is 0 Å². The van der Waals surface area contributed by atoms with Crippen LogP contribution in [0.1, 0.15) is 27.2 Å². The average Bonchev–Trinajstić information content (AvgIpc) is 2.40. The number of benzene rings is 1. The van der Waals surface area contributed by atoms with Crippen molar-refractivity contribution in [2.75, 3.05) is 0 Å². The van der Waals surface area contributed by atoms with Gasteiger partial charge in [-0.3, -0.25) is 9.78 Å². The quantitative estimate of drug-likeness (QED) is 0.633. The van der Waals surface area contributed by atoms with Crippen LogP contribution in [0, 0.1) is 12.7 Å². The Kier molecular flexibility index (Phi) is 4.06. The van der Waals surface area contributed by atoms with Crippen molar-refractivity contribution in [3.63, 3.8) is 0 Å². The van der Waals surface area contributed by atoms with Gasteiger partial charge >= 0.3 is 6.18 Å². The van der Waals surface area contributed by atoms with Gasteiger partial charge in [0.15, 0.2) is 5.78 Å². The molecular formula is C15H11F4NO. The summed E-state index contributed by atoms with van der Waals surface area (Å²) in [7, 11) is 0. The summed E-state index contributed by atoms with van der Waals surface area (Å²) in [5.41, 5.74) is -0.753. The number of ketones is 1. The third-order valence-electron chi connectivity index (χ3n) is 2.92. The van der Waals surface area contributed by atoms with Crippen LogP contribution in [0.3, 0.4) is 0 Å². The van der Waals surface area contributed by atoms with Crippen LogP contribution in [0.15, 0.2) is 36.5 Å². The smallest absolute Gasteiger partial charge is 0.294 e. The molecule has 0 aliphatic carbocycles. The molecule has 0 saturated carbocycles. The number of aromatic nitrogens is 1. The van der Waals surface area contributed by atoms with Crippen molar-refractivity contribution < 1.29 is 22.4 Å². The topological polar surface area (TPSA) is 30.0 Å². The zero-order valence-electron chi connectivity index (χ0n) is 11.0. The SMILES string of the molecule is Cc1ccc(CC(=O)c2cccc(C(F)(F)F)c2F)nc1. The third-order valence-corrected chi connectivity index (χ3v) is 2.92. The van der Waals surface area contributed by atoms with Crippen LogP contribution in [0.2, 0.25) is 0 Å². The van der Waals surface area contributed by atoms with Gasteiger partial charge in [0.25, 0.3) is 0 Å². The Morgan fingerprint density at radius 3 is 2.48 bits per heavy atom. The molecule has 0 radical (unpaired) electrons. The Labute approximate surface area is 118 Å². The molecule has 6 heteroatoms. The van der Waals surface area contributed by atoms with Gasteiger partial charge in [-0.25, -0.2) is 4.39 Å². The number of carbonyl (C=O) groups excluding carboxylic acids is 1. The number of halogens is 4. The van der Waals surface area contributed by atoms with Gasteiger partial charge in [-0.05, 0) is 30.7 Å². The first kappa shape index (κ1) is 15.2. The predicted molar refractivity (Wildman–Crippen MR) is 68.4 cm³/mol. The van der Waals surface area contributed by atoms with Crippen molar-refractivity contribution in [2.24, 2.45) is 0 Å². The molecule has 0 saturated heterocycles. The summed E-state index contributed by atoms with van der Waals surface area (Å²) in [5, 5.41) is 0. The van der Waals surface area contributed by atoms with E-state index in [-0.39, 0.29) is 6.42 Å². The monoisotopic (exact) mass is 297 g/mol. The second-order valence-corrected chi connectivity index (χ2v) is 4.59.